The SMILES string of the molecule is C[C@]12CCC3C(CC[C@]4(O)C[C@@H](O)CC[C@]34/C=N/O)[C@@]1(O)CC[C@@H]2C1=CC(=O)OC1. The number of hydrogen-bond donors (Lipinski definition) is 4. The maximum absolute atomic E-state index is 12.2. The fourth-order valence-electron chi connectivity index (χ4n) is 8.46. The molecular weight excluding hydrogens is 386 g/mol. The second kappa shape index (κ2) is 6.53. The van der Waals surface area contributed by atoms with Gasteiger partial charge in [-0.15, -0.1) is 5.16 Å². The number of cyclic esters (lactones) is 1. The molecule has 0 aromatic heterocycles. The molecule has 2 unspecified atom stereocenters. The largest absolute Gasteiger partial charge is 0.458 e. The van der Waals surface area contributed by atoms with Crippen LogP contribution in [0.2, 0.25) is 0 Å². The van der Waals surface area contributed by atoms with Gasteiger partial charge in [0.2, 0.25) is 0 Å². The van der Waals surface area contributed by atoms with Crippen molar-refractivity contribution in [2.75, 3.05) is 6.61 Å². The van der Waals surface area contributed by atoms with Gasteiger partial charge in [-0.05, 0) is 74.7 Å². The van der Waals surface area contributed by atoms with Crippen molar-refractivity contribution in [3.8, 4) is 0 Å². The molecule has 1 heterocycles. The van der Waals surface area contributed by atoms with E-state index in [-0.39, 0.29) is 35.6 Å². The van der Waals surface area contributed by atoms with Crippen LogP contribution in [0, 0.1) is 28.6 Å². The minimum Gasteiger partial charge on any atom is -0.458 e. The van der Waals surface area contributed by atoms with Crippen LogP contribution in [0.25, 0.3) is 0 Å². The lowest BCUT2D eigenvalue weighted by atomic mass is 9.41. The standard InChI is InChI=1S/C23H33NO6/c1-20-6-3-17-18(23(20,28)9-5-16(20)14-10-19(26)30-12-14)4-8-22(27)11-15(25)2-7-21(17,22)13-24-29/h10,13,15-18,25,27-29H,2-9,11-12H2,1H3/b24-13+/t15-,16+,17?,18?,20+,21-,22-,23-/m0/s1. The predicted octanol–water partition coefficient (Wildman–Crippen LogP) is 2.16. The first-order chi connectivity index (χ1) is 14.2. The molecule has 4 fully saturated rings. The molecule has 4 aliphatic carbocycles. The zero-order chi connectivity index (χ0) is 21.4. The van der Waals surface area contributed by atoms with Crippen molar-refractivity contribution in [3.63, 3.8) is 0 Å². The number of carbonyl (C=O) groups excluding carboxylic acids is 1. The number of esters is 1. The lowest BCUT2D eigenvalue weighted by Gasteiger charge is -2.65. The van der Waals surface area contributed by atoms with E-state index in [1.807, 2.05) is 0 Å². The van der Waals surface area contributed by atoms with Crippen molar-refractivity contribution in [2.24, 2.45) is 33.7 Å². The highest BCUT2D eigenvalue weighted by Gasteiger charge is 2.71. The summed E-state index contributed by atoms with van der Waals surface area (Å²) in [7, 11) is 0. The number of hydrogen-bond acceptors (Lipinski definition) is 7. The van der Waals surface area contributed by atoms with Gasteiger partial charge < -0.3 is 25.3 Å². The third-order valence-electron chi connectivity index (χ3n) is 9.93. The molecule has 0 radical (unpaired) electrons. The van der Waals surface area contributed by atoms with E-state index in [4.69, 9.17) is 4.74 Å². The van der Waals surface area contributed by atoms with Crippen LogP contribution in [0.4, 0.5) is 0 Å². The number of rotatable bonds is 2. The monoisotopic (exact) mass is 419 g/mol. The van der Waals surface area contributed by atoms with Gasteiger partial charge in [0.25, 0.3) is 0 Å². The Bertz CT molecular complexity index is 812. The van der Waals surface area contributed by atoms with Crippen molar-refractivity contribution in [1.82, 2.24) is 0 Å². The van der Waals surface area contributed by atoms with Gasteiger partial charge in [0.05, 0.1) is 23.5 Å². The minimum atomic E-state index is -1.12. The van der Waals surface area contributed by atoms with Gasteiger partial charge in [-0.2, -0.15) is 0 Å². The number of aliphatic hydroxyl groups excluding tert-OH is 1. The minimum absolute atomic E-state index is 0.00749. The van der Waals surface area contributed by atoms with E-state index in [9.17, 15) is 25.3 Å². The second-order valence-electron chi connectivity index (χ2n) is 10.8. The van der Waals surface area contributed by atoms with E-state index < -0.39 is 22.7 Å². The van der Waals surface area contributed by atoms with Crippen LogP contribution in [-0.2, 0) is 9.53 Å². The Labute approximate surface area is 176 Å². The van der Waals surface area contributed by atoms with E-state index in [1.54, 1.807) is 6.08 Å². The molecule has 5 rings (SSSR count). The molecule has 0 amide bonds. The van der Waals surface area contributed by atoms with E-state index in [0.29, 0.717) is 38.7 Å². The Morgan fingerprint density at radius 1 is 1.10 bits per heavy atom. The Morgan fingerprint density at radius 3 is 2.57 bits per heavy atom. The highest BCUT2D eigenvalue weighted by atomic mass is 16.5. The highest BCUT2D eigenvalue weighted by molar-refractivity contribution is 5.85. The molecular formula is C23H33NO6. The van der Waals surface area contributed by atoms with Gasteiger partial charge in [0.15, 0.2) is 0 Å². The van der Waals surface area contributed by atoms with Crippen molar-refractivity contribution in [2.45, 2.75) is 82.0 Å². The van der Waals surface area contributed by atoms with Crippen LogP contribution in [0.1, 0.15) is 64.7 Å². The van der Waals surface area contributed by atoms with Gasteiger partial charge >= 0.3 is 5.97 Å². The Balaban J connectivity index is 1.53. The van der Waals surface area contributed by atoms with Crippen LogP contribution in [-0.4, -0.2) is 56.6 Å². The summed E-state index contributed by atoms with van der Waals surface area (Å²) >= 11 is 0. The van der Waals surface area contributed by atoms with Crippen molar-refractivity contribution >= 4 is 12.2 Å². The molecule has 4 N–H and O–H groups in total. The predicted molar refractivity (Wildman–Crippen MR) is 108 cm³/mol. The second-order valence-corrected chi connectivity index (χ2v) is 10.8. The molecule has 4 saturated carbocycles. The van der Waals surface area contributed by atoms with Crippen molar-refractivity contribution in [3.05, 3.63) is 11.6 Å². The van der Waals surface area contributed by atoms with Crippen LogP contribution in [0.15, 0.2) is 16.8 Å². The third kappa shape index (κ3) is 2.43. The molecule has 1 aliphatic heterocycles. The van der Waals surface area contributed by atoms with E-state index in [2.05, 4.69) is 12.1 Å². The summed E-state index contributed by atoms with van der Waals surface area (Å²) < 4.78 is 5.17. The Morgan fingerprint density at radius 2 is 1.87 bits per heavy atom. The van der Waals surface area contributed by atoms with Crippen molar-refractivity contribution < 1.29 is 30.1 Å². The highest BCUT2D eigenvalue weighted by Crippen LogP contribution is 2.70. The molecule has 166 valence electrons. The maximum Gasteiger partial charge on any atom is 0.331 e. The zero-order valence-corrected chi connectivity index (χ0v) is 17.6. The van der Waals surface area contributed by atoms with Gasteiger partial charge in [-0.3, -0.25) is 0 Å². The molecule has 7 nitrogen and oxygen atoms in total. The van der Waals surface area contributed by atoms with E-state index >= 15 is 0 Å². The molecule has 0 aromatic rings. The number of nitrogens with zero attached hydrogens (tertiary/aromatic N) is 1. The number of oxime groups is 1. The van der Waals surface area contributed by atoms with E-state index in [1.165, 1.54) is 6.21 Å². The summed E-state index contributed by atoms with van der Waals surface area (Å²) in [5.41, 5.74) is -2.11. The maximum atomic E-state index is 12.2. The first kappa shape index (κ1) is 20.5. The quantitative estimate of drug-likeness (QED) is 0.236. The first-order valence-electron chi connectivity index (χ1n) is 11.4. The smallest absolute Gasteiger partial charge is 0.331 e. The summed E-state index contributed by atoms with van der Waals surface area (Å²) in [6.07, 6.45) is 8.20. The van der Waals surface area contributed by atoms with Gasteiger partial charge in [0, 0.05) is 23.3 Å². The van der Waals surface area contributed by atoms with Crippen LogP contribution >= 0.6 is 0 Å². The Kier molecular flexibility index (Phi) is 4.45. The average molecular weight is 420 g/mol. The fourth-order valence-corrected chi connectivity index (χ4v) is 8.46. The van der Waals surface area contributed by atoms with Crippen LogP contribution in [0.5, 0.6) is 0 Å². The van der Waals surface area contributed by atoms with Crippen LogP contribution in [0.3, 0.4) is 0 Å². The number of aliphatic hydroxyl groups is 3. The van der Waals surface area contributed by atoms with Crippen LogP contribution < -0.4 is 0 Å². The summed E-state index contributed by atoms with van der Waals surface area (Å²) in [5, 5.41) is 47.0. The third-order valence-corrected chi connectivity index (χ3v) is 9.93. The summed E-state index contributed by atoms with van der Waals surface area (Å²) in [4.78, 5) is 11.7. The normalized spacial score (nSPS) is 53.1. The lowest BCUT2D eigenvalue weighted by molar-refractivity contribution is -0.237. The first-order valence-corrected chi connectivity index (χ1v) is 11.4. The van der Waals surface area contributed by atoms with Crippen molar-refractivity contribution in [1.29, 1.82) is 0 Å². The Hall–Kier alpha value is -1.44. The molecule has 0 bridgehead atoms. The van der Waals surface area contributed by atoms with Gasteiger partial charge in [0.1, 0.15) is 6.61 Å². The van der Waals surface area contributed by atoms with Gasteiger partial charge in [-0.1, -0.05) is 6.92 Å². The summed E-state index contributed by atoms with van der Waals surface area (Å²) in [5.74, 6) is -0.203. The molecule has 7 heteroatoms. The zero-order valence-electron chi connectivity index (χ0n) is 17.6. The molecule has 0 aromatic carbocycles. The molecule has 5 aliphatic rings. The fraction of sp³-hybridized carbons (Fsp3) is 0.826. The number of carbonyl (C=O) groups is 1. The molecule has 0 saturated heterocycles. The average Bonchev–Trinajstić information content (AvgIpc) is 3.23. The lowest BCUT2D eigenvalue weighted by Crippen LogP contribution is -2.68. The van der Waals surface area contributed by atoms with E-state index in [0.717, 1.165) is 24.8 Å². The summed E-state index contributed by atoms with van der Waals surface area (Å²) in [6, 6.07) is 0. The van der Waals surface area contributed by atoms with Gasteiger partial charge in [-0.25, -0.2) is 4.79 Å². The number of ether oxygens (including phenoxy) is 1. The summed E-state index contributed by atoms with van der Waals surface area (Å²) in [6.45, 7) is 2.48. The molecule has 0 spiro atoms. The number of fused-ring (bicyclic) bond motifs is 5. The molecule has 8 atom stereocenters. The topological polar surface area (TPSA) is 120 Å². The molecule has 30 heavy (non-hydrogen) atoms.